The van der Waals surface area contributed by atoms with Gasteiger partial charge in [0.1, 0.15) is 6.54 Å². The highest BCUT2D eigenvalue weighted by Crippen LogP contribution is 2.00. The van der Waals surface area contributed by atoms with Gasteiger partial charge in [0.2, 0.25) is 0 Å². The lowest BCUT2D eigenvalue weighted by atomic mass is 10.3. The van der Waals surface area contributed by atoms with Gasteiger partial charge in [-0.2, -0.15) is 0 Å². The third-order valence-corrected chi connectivity index (χ3v) is 2.13. The molecule has 0 fully saturated rings. The molecule has 0 aliphatic heterocycles. The monoisotopic (exact) mass is 240 g/mol. The Hall–Kier alpha value is -1.98. The highest BCUT2D eigenvalue weighted by Gasteiger charge is 2.15. The van der Waals surface area contributed by atoms with Crippen molar-refractivity contribution in [3.8, 4) is 0 Å². The number of hydrogen-bond acceptors (Lipinski definition) is 3. The molecule has 0 bridgehead atoms. The largest absolute Gasteiger partial charge is 0.480 e. The van der Waals surface area contributed by atoms with Gasteiger partial charge in [0.15, 0.2) is 0 Å². The van der Waals surface area contributed by atoms with E-state index in [1.165, 1.54) is 17.4 Å². The van der Waals surface area contributed by atoms with Crippen LogP contribution >= 0.6 is 0 Å². The van der Waals surface area contributed by atoms with Crippen molar-refractivity contribution in [2.24, 2.45) is 0 Å². The fourth-order valence-electron chi connectivity index (χ4n) is 1.37. The maximum absolute atomic E-state index is 11.7. The number of carbonyl (C=O) groups is 2. The zero-order chi connectivity index (χ0) is 12.7. The first-order chi connectivity index (χ1) is 8.13. The molecule has 94 valence electrons. The number of hydrogen-bond donors (Lipinski definition) is 2. The van der Waals surface area contributed by atoms with Crippen molar-refractivity contribution in [1.82, 2.24) is 10.2 Å². The number of furan rings is 1. The molecule has 1 heterocycles. The molecule has 0 saturated carbocycles. The van der Waals surface area contributed by atoms with Crippen LogP contribution in [0.25, 0.3) is 0 Å². The first-order valence-electron chi connectivity index (χ1n) is 5.39. The van der Waals surface area contributed by atoms with Crippen molar-refractivity contribution in [1.29, 1.82) is 0 Å². The molecule has 1 aromatic rings. The molecule has 6 heteroatoms. The van der Waals surface area contributed by atoms with E-state index in [1.807, 2.05) is 6.92 Å². The van der Waals surface area contributed by atoms with Crippen molar-refractivity contribution in [2.75, 3.05) is 13.1 Å². The first-order valence-corrected chi connectivity index (χ1v) is 5.39. The smallest absolute Gasteiger partial charge is 0.323 e. The van der Waals surface area contributed by atoms with Crippen molar-refractivity contribution >= 4 is 12.0 Å². The SMILES string of the molecule is CCCN(CC(=O)O)C(=O)NCc1ccoc1. The van der Waals surface area contributed by atoms with Crippen LogP contribution in [-0.2, 0) is 11.3 Å². The van der Waals surface area contributed by atoms with E-state index < -0.39 is 5.97 Å². The minimum atomic E-state index is -1.02. The second-order valence-corrected chi connectivity index (χ2v) is 3.61. The molecule has 1 aromatic heterocycles. The number of urea groups is 1. The average molecular weight is 240 g/mol. The molecule has 2 amide bonds. The van der Waals surface area contributed by atoms with Crippen LogP contribution in [0.15, 0.2) is 23.0 Å². The van der Waals surface area contributed by atoms with Gasteiger partial charge in [-0.05, 0) is 12.5 Å². The Morgan fingerprint density at radius 2 is 2.29 bits per heavy atom. The van der Waals surface area contributed by atoms with Gasteiger partial charge in [-0.1, -0.05) is 6.92 Å². The zero-order valence-electron chi connectivity index (χ0n) is 9.68. The summed E-state index contributed by atoms with van der Waals surface area (Å²) in [5, 5.41) is 11.3. The third kappa shape index (κ3) is 4.58. The van der Waals surface area contributed by atoms with Crippen molar-refractivity contribution < 1.29 is 19.1 Å². The fourth-order valence-corrected chi connectivity index (χ4v) is 1.37. The summed E-state index contributed by atoms with van der Waals surface area (Å²) in [6.45, 7) is 2.35. The van der Waals surface area contributed by atoms with E-state index in [1.54, 1.807) is 6.07 Å². The lowest BCUT2D eigenvalue weighted by Crippen LogP contribution is -2.42. The molecule has 1 rings (SSSR count). The molecule has 0 aromatic carbocycles. The summed E-state index contributed by atoms with van der Waals surface area (Å²) in [7, 11) is 0. The maximum Gasteiger partial charge on any atom is 0.323 e. The molecule has 0 spiro atoms. The van der Waals surface area contributed by atoms with E-state index >= 15 is 0 Å². The Labute approximate surface area is 99.2 Å². The Bertz CT molecular complexity index is 362. The number of carboxylic acid groups (broad SMARTS) is 1. The summed E-state index contributed by atoms with van der Waals surface area (Å²) in [5.74, 6) is -1.02. The highest BCUT2D eigenvalue weighted by molar-refractivity contribution is 5.80. The van der Waals surface area contributed by atoms with Crippen LogP contribution in [-0.4, -0.2) is 35.1 Å². The first kappa shape index (κ1) is 13.1. The van der Waals surface area contributed by atoms with Gasteiger partial charge < -0.3 is 19.7 Å². The third-order valence-electron chi connectivity index (χ3n) is 2.13. The second-order valence-electron chi connectivity index (χ2n) is 3.61. The normalized spacial score (nSPS) is 9.94. The number of carbonyl (C=O) groups excluding carboxylic acids is 1. The van der Waals surface area contributed by atoms with E-state index in [2.05, 4.69) is 5.32 Å². The minimum absolute atomic E-state index is 0.287. The van der Waals surface area contributed by atoms with Crippen LogP contribution in [0.3, 0.4) is 0 Å². The Morgan fingerprint density at radius 1 is 1.53 bits per heavy atom. The topological polar surface area (TPSA) is 82.8 Å². The number of nitrogens with zero attached hydrogens (tertiary/aromatic N) is 1. The van der Waals surface area contributed by atoms with Crippen LogP contribution in [0.1, 0.15) is 18.9 Å². The predicted octanol–water partition coefficient (Wildman–Crippen LogP) is 1.29. The minimum Gasteiger partial charge on any atom is -0.480 e. The van der Waals surface area contributed by atoms with Crippen LogP contribution in [0.5, 0.6) is 0 Å². The molecule has 17 heavy (non-hydrogen) atoms. The van der Waals surface area contributed by atoms with Gasteiger partial charge in [-0.3, -0.25) is 4.79 Å². The number of aliphatic carboxylic acids is 1. The van der Waals surface area contributed by atoms with Gasteiger partial charge in [-0.25, -0.2) is 4.79 Å². The molecular formula is C11H16N2O4. The lowest BCUT2D eigenvalue weighted by Gasteiger charge is -2.20. The average Bonchev–Trinajstić information content (AvgIpc) is 2.77. The standard InChI is InChI=1S/C11H16N2O4/c1-2-4-13(7-10(14)15)11(16)12-6-9-3-5-17-8-9/h3,5,8H,2,4,6-7H2,1H3,(H,12,16)(H,14,15). The van der Waals surface area contributed by atoms with Crippen LogP contribution in [0.4, 0.5) is 4.79 Å². The number of carboxylic acids is 1. The van der Waals surface area contributed by atoms with Gasteiger partial charge >= 0.3 is 12.0 Å². The molecule has 2 N–H and O–H groups in total. The van der Waals surface area contributed by atoms with Crippen LogP contribution in [0.2, 0.25) is 0 Å². The molecular weight excluding hydrogens is 224 g/mol. The van der Waals surface area contributed by atoms with Gasteiger partial charge in [-0.15, -0.1) is 0 Å². The second kappa shape index (κ2) is 6.57. The quantitative estimate of drug-likeness (QED) is 0.784. The summed E-state index contributed by atoms with van der Waals surface area (Å²) in [6.07, 6.45) is 3.76. The van der Waals surface area contributed by atoms with Crippen molar-refractivity contribution in [3.63, 3.8) is 0 Å². The number of rotatable bonds is 6. The predicted molar refractivity (Wildman–Crippen MR) is 60.4 cm³/mol. The number of amides is 2. The molecule has 0 aliphatic carbocycles. The van der Waals surface area contributed by atoms with E-state index in [4.69, 9.17) is 9.52 Å². The van der Waals surface area contributed by atoms with Crippen molar-refractivity contribution in [3.05, 3.63) is 24.2 Å². The van der Waals surface area contributed by atoms with Crippen LogP contribution in [0, 0.1) is 0 Å². The van der Waals surface area contributed by atoms with E-state index in [0.29, 0.717) is 19.5 Å². The summed E-state index contributed by atoms with van der Waals surface area (Å²) in [4.78, 5) is 23.5. The maximum atomic E-state index is 11.7. The molecule has 0 atom stereocenters. The van der Waals surface area contributed by atoms with Gasteiger partial charge in [0.25, 0.3) is 0 Å². The lowest BCUT2D eigenvalue weighted by molar-refractivity contribution is -0.137. The molecule has 0 radical (unpaired) electrons. The number of nitrogens with one attached hydrogen (secondary N) is 1. The van der Waals surface area contributed by atoms with Gasteiger partial charge in [0.05, 0.1) is 12.5 Å². The Kier molecular flexibility index (Phi) is 5.06. The molecule has 6 nitrogen and oxygen atoms in total. The molecule has 0 aliphatic rings. The van der Waals surface area contributed by atoms with E-state index in [0.717, 1.165) is 5.56 Å². The summed E-state index contributed by atoms with van der Waals surface area (Å²) in [5.41, 5.74) is 0.838. The zero-order valence-corrected chi connectivity index (χ0v) is 9.68. The highest BCUT2D eigenvalue weighted by atomic mass is 16.4. The Balaban J connectivity index is 2.44. The van der Waals surface area contributed by atoms with Crippen LogP contribution < -0.4 is 5.32 Å². The summed E-state index contributed by atoms with van der Waals surface area (Å²) in [6, 6.07) is 1.36. The summed E-state index contributed by atoms with van der Waals surface area (Å²) >= 11 is 0. The van der Waals surface area contributed by atoms with Gasteiger partial charge in [0, 0.05) is 18.7 Å². The fraction of sp³-hybridized carbons (Fsp3) is 0.455. The van der Waals surface area contributed by atoms with Crippen molar-refractivity contribution in [2.45, 2.75) is 19.9 Å². The molecule has 0 saturated heterocycles. The Morgan fingerprint density at radius 3 is 2.82 bits per heavy atom. The molecule has 0 unspecified atom stereocenters. The van der Waals surface area contributed by atoms with E-state index in [-0.39, 0.29) is 12.6 Å². The van der Waals surface area contributed by atoms with E-state index in [9.17, 15) is 9.59 Å². The summed E-state index contributed by atoms with van der Waals surface area (Å²) < 4.78 is 4.86.